The highest BCUT2D eigenvalue weighted by atomic mass is 35.5. The lowest BCUT2D eigenvalue weighted by atomic mass is 10.0. The van der Waals surface area contributed by atoms with Crippen molar-refractivity contribution < 1.29 is 5.11 Å². The van der Waals surface area contributed by atoms with Crippen LogP contribution in [0.15, 0.2) is 41.7 Å². The van der Waals surface area contributed by atoms with Crippen LogP contribution in [0.3, 0.4) is 0 Å². The van der Waals surface area contributed by atoms with Gasteiger partial charge in [0.05, 0.1) is 12.7 Å². The molecule has 0 bridgehead atoms. The molecular formula is C20H28ClN5O. The molecule has 2 unspecified atom stereocenters. The zero-order valence-corrected chi connectivity index (χ0v) is 16.7. The smallest absolute Gasteiger partial charge is 0.194 e. The Hall–Kier alpha value is -2.05. The zero-order valence-electron chi connectivity index (χ0n) is 16.0. The van der Waals surface area contributed by atoms with Crippen molar-refractivity contribution in [3.8, 4) is 0 Å². The Bertz CT molecular complexity index is 775. The van der Waals surface area contributed by atoms with Crippen LogP contribution in [0.4, 0.5) is 0 Å². The first-order chi connectivity index (χ1) is 13.1. The van der Waals surface area contributed by atoms with Gasteiger partial charge in [0.15, 0.2) is 5.96 Å². The second kappa shape index (κ2) is 9.24. The predicted octanol–water partition coefficient (Wildman–Crippen LogP) is 2.64. The summed E-state index contributed by atoms with van der Waals surface area (Å²) in [5, 5.41) is 18.6. The third-order valence-electron chi connectivity index (χ3n) is 4.88. The number of hydrogen-bond donors (Lipinski definition) is 2. The Labute approximate surface area is 165 Å². The highest BCUT2D eigenvalue weighted by Crippen LogP contribution is 2.24. The molecule has 0 radical (unpaired) electrons. The largest absolute Gasteiger partial charge is 0.386 e. The van der Waals surface area contributed by atoms with Gasteiger partial charge in [-0.3, -0.25) is 9.67 Å². The fourth-order valence-electron chi connectivity index (χ4n) is 3.54. The molecule has 1 aromatic heterocycles. The van der Waals surface area contributed by atoms with E-state index in [1.807, 2.05) is 36.1 Å². The molecule has 27 heavy (non-hydrogen) atoms. The van der Waals surface area contributed by atoms with Crippen LogP contribution in [0.1, 0.15) is 30.6 Å². The van der Waals surface area contributed by atoms with Crippen molar-refractivity contribution >= 4 is 17.6 Å². The van der Waals surface area contributed by atoms with E-state index in [1.54, 1.807) is 6.07 Å². The van der Waals surface area contributed by atoms with Gasteiger partial charge in [0.1, 0.15) is 6.10 Å². The Morgan fingerprint density at radius 1 is 1.44 bits per heavy atom. The average Bonchev–Trinajstić information content (AvgIpc) is 3.28. The molecule has 0 aliphatic carbocycles. The Kier molecular flexibility index (Phi) is 6.74. The second-order valence-corrected chi connectivity index (χ2v) is 7.47. The average molecular weight is 390 g/mol. The highest BCUT2D eigenvalue weighted by molar-refractivity contribution is 6.31. The van der Waals surface area contributed by atoms with Crippen LogP contribution in [-0.2, 0) is 13.5 Å². The van der Waals surface area contributed by atoms with E-state index in [2.05, 4.69) is 33.4 Å². The van der Waals surface area contributed by atoms with Crippen molar-refractivity contribution in [3.63, 3.8) is 0 Å². The molecular weight excluding hydrogens is 362 g/mol. The summed E-state index contributed by atoms with van der Waals surface area (Å²) in [6.07, 6.45) is 5.49. The van der Waals surface area contributed by atoms with Gasteiger partial charge in [0.2, 0.25) is 0 Å². The van der Waals surface area contributed by atoms with E-state index in [4.69, 9.17) is 11.6 Å². The molecule has 1 aliphatic rings. The van der Waals surface area contributed by atoms with Crippen LogP contribution in [0.25, 0.3) is 0 Å². The molecule has 2 N–H and O–H groups in total. The summed E-state index contributed by atoms with van der Waals surface area (Å²) in [5.74, 6) is 1.45. The SMILES string of the molecule is CCNC(=NCC(O)c1ccccc1Cl)N1CCC(Cc2cnn(C)c2)C1. The maximum Gasteiger partial charge on any atom is 0.194 e. The molecule has 1 saturated heterocycles. The van der Waals surface area contributed by atoms with Gasteiger partial charge in [0, 0.05) is 43.5 Å². The summed E-state index contributed by atoms with van der Waals surface area (Å²) in [6, 6.07) is 7.37. The number of likely N-dealkylation sites (tertiary alicyclic amines) is 1. The van der Waals surface area contributed by atoms with Crippen LogP contribution in [0, 0.1) is 5.92 Å². The number of rotatable bonds is 6. The number of aliphatic hydroxyl groups is 1. The molecule has 6 nitrogen and oxygen atoms in total. The predicted molar refractivity (Wildman–Crippen MR) is 109 cm³/mol. The first-order valence-electron chi connectivity index (χ1n) is 9.50. The summed E-state index contributed by atoms with van der Waals surface area (Å²) >= 11 is 6.18. The van der Waals surface area contributed by atoms with Gasteiger partial charge in [-0.1, -0.05) is 29.8 Å². The Balaban J connectivity index is 1.61. The molecule has 1 aliphatic heterocycles. The molecule has 1 fully saturated rings. The van der Waals surface area contributed by atoms with E-state index in [9.17, 15) is 5.11 Å². The van der Waals surface area contributed by atoms with Crippen LogP contribution >= 0.6 is 11.6 Å². The Morgan fingerprint density at radius 2 is 2.26 bits per heavy atom. The van der Waals surface area contributed by atoms with E-state index in [-0.39, 0.29) is 6.54 Å². The van der Waals surface area contributed by atoms with Gasteiger partial charge in [-0.15, -0.1) is 0 Å². The van der Waals surface area contributed by atoms with Gasteiger partial charge >= 0.3 is 0 Å². The normalized spacial score (nSPS) is 18.7. The van der Waals surface area contributed by atoms with E-state index >= 15 is 0 Å². The van der Waals surface area contributed by atoms with Gasteiger partial charge in [0.25, 0.3) is 0 Å². The molecule has 1 aromatic carbocycles. The maximum absolute atomic E-state index is 10.5. The monoisotopic (exact) mass is 389 g/mol. The van der Waals surface area contributed by atoms with Gasteiger partial charge in [-0.25, -0.2) is 0 Å². The number of nitrogens with one attached hydrogen (secondary N) is 1. The minimum atomic E-state index is -0.707. The Morgan fingerprint density at radius 3 is 2.96 bits per heavy atom. The van der Waals surface area contributed by atoms with Crippen LogP contribution in [-0.4, -0.2) is 51.9 Å². The minimum Gasteiger partial charge on any atom is -0.386 e. The third-order valence-corrected chi connectivity index (χ3v) is 5.23. The lowest BCUT2D eigenvalue weighted by Crippen LogP contribution is -2.40. The molecule has 146 valence electrons. The van der Waals surface area contributed by atoms with E-state index < -0.39 is 6.10 Å². The molecule has 3 rings (SSSR count). The van der Waals surface area contributed by atoms with E-state index in [1.165, 1.54) is 5.56 Å². The summed E-state index contributed by atoms with van der Waals surface area (Å²) in [7, 11) is 1.95. The van der Waals surface area contributed by atoms with E-state index in [0.717, 1.165) is 44.0 Å². The summed E-state index contributed by atoms with van der Waals surface area (Å²) in [4.78, 5) is 6.95. The van der Waals surface area contributed by atoms with Crippen molar-refractivity contribution in [1.29, 1.82) is 0 Å². The second-order valence-electron chi connectivity index (χ2n) is 7.06. The molecule has 2 aromatic rings. The summed E-state index contributed by atoms with van der Waals surface area (Å²) in [6.45, 7) is 5.08. The lowest BCUT2D eigenvalue weighted by Gasteiger charge is -2.22. The first kappa shape index (κ1) is 19.7. The number of aliphatic imine (C=N–C) groups is 1. The van der Waals surface area contributed by atoms with Crippen molar-refractivity contribution in [2.75, 3.05) is 26.2 Å². The zero-order chi connectivity index (χ0) is 19.2. The first-order valence-corrected chi connectivity index (χ1v) is 9.88. The number of aryl methyl sites for hydroxylation is 1. The van der Waals surface area contributed by atoms with Crippen molar-refractivity contribution in [1.82, 2.24) is 20.0 Å². The van der Waals surface area contributed by atoms with Gasteiger partial charge < -0.3 is 15.3 Å². The maximum atomic E-state index is 10.5. The molecule has 0 amide bonds. The number of halogens is 1. The molecule has 0 spiro atoms. The molecule has 7 heteroatoms. The highest BCUT2D eigenvalue weighted by Gasteiger charge is 2.25. The van der Waals surface area contributed by atoms with E-state index in [0.29, 0.717) is 10.9 Å². The summed E-state index contributed by atoms with van der Waals surface area (Å²) in [5.41, 5.74) is 2.00. The number of aromatic nitrogens is 2. The standard InChI is InChI=1S/C20H28ClN5O/c1-3-22-20(23-12-19(27)17-6-4-5-7-18(17)21)26-9-8-15(14-26)10-16-11-24-25(2)13-16/h4-7,11,13,15,19,27H,3,8-10,12,14H2,1-2H3,(H,22,23). The topological polar surface area (TPSA) is 65.7 Å². The number of nitrogens with zero attached hydrogens (tertiary/aromatic N) is 4. The van der Waals surface area contributed by atoms with Crippen molar-refractivity contribution in [2.45, 2.75) is 25.9 Å². The number of aliphatic hydroxyl groups excluding tert-OH is 1. The molecule has 2 atom stereocenters. The number of hydrogen-bond acceptors (Lipinski definition) is 3. The fraction of sp³-hybridized carbons (Fsp3) is 0.500. The van der Waals surface area contributed by atoms with Crippen LogP contribution in [0.5, 0.6) is 0 Å². The number of benzene rings is 1. The van der Waals surface area contributed by atoms with Crippen LogP contribution < -0.4 is 5.32 Å². The van der Waals surface area contributed by atoms with Crippen molar-refractivity contribution in [2.24, 2.45) is 18.0 Å². The summed E-state index contributed by atoms with van der Waals surface area (Å²) < 4.78 is 1.85. The molecule has 0 saturated carbocycles. The fourth-order valence-corrected chi connectivity index (χ4v) is 3.81. The van der Waals surface area contributed by atoms with Gasteiger partial charge in [-0.2, -0.15) is 5.10 Å². The van der Waals surface area contributed by atoms with Gasteiger partial charge in [-0.05, 0) is 37.3 Å². The lowest BCUT2D eigenvalue weighted by molar-refractivity contribution is 0.186. The molecule has 2 heterocycles. The van der Waals surface area contributed by atoms with Crippen LogP contribution in [0.2, 0.25) is 5.02 Å². The quantitative estimate of drug-likeness (QED) is 0.588. The minimum absolute atomic E-state index is 0.288. The third kappa shape index (κ3) is 5.23. The van der Waals surface area contributed by atoms with Crippen molar-refractivity contribution in [3.05, 3.63) is 52.8 Å². The number of guanidine groups is 1.